The first-order chi connectivity index (χ1) is 13.7. The number of halogens is 4. The first kappa shape index (κ1) is 21.8. The van der Waals surface area contributed by atoms with Crippen LogP contribution in [0.1, 0.15) is 30.7 Å². The number of carboxylic acids is 1. The Labute approximate surface area is 176 Å². The van der Waals surface area contributed by atoms with E-state index in [1.54, 1.807) is 18.2 Å². The van der Waals surface area contributed by atoms with E-state index < -0.39 is 24.7 Å². The standard InChI is InChI=1S/C21H20ClF3O3S/c1-29-15-6-4-13(5-7-15)16-9-14(17(20(26)27)8-12-2-3-12)10-18(22)19(16)28-11-21(23,24)25/h4-7,9-10,12,17H,2-3,8,11H2,1H3,(H,26,27)/p-1. The van der Waals surface area contributed by atoms with Crippen LogP contribution in [0.5, 0.6) is 5.75 Å². The van der Waals surface area contributed by atoms with Gasteiger partial charge in [-0.1, -0.05) is 36.6 Å². The minimum absolute atomic E-state index is 0.0576. The maximum absolute atomic E-state index is 12.7. The van der Waals surface area contributed by atoms with Crippen LogP contribution in [0.4, 0.5) is 13.2 Å². The molecular weight excluding hydrogens is 425 g/mol. The number of hydrogen-bond acceptors (Lipinski definition) is 4. The predicted octanol–water partition coefficient (Wildman–Crippen LogP) is 5.30. The van der Waals surface area contributed by atoms with Crippen molar-refractivity contribution in [1.29, 1.82) is 0 Å². The summed E-state index contributed by atoms with van der Waals surface area (Å²) >= 11 is 7.79. The Morgan fingerprint density at radius 3 is 2.45 bits per heavy atom. The maximum Gasteiger partial charge on any atom is 0.422 e. The van der Waals surface area contributed by atoms with Gasteiger partial charge in [-0.05, 0) is 54.0 Å². The Hall–Kier alpha value is -1.86. The molecule has 2 aromatic carbocycles. The van der Waals surface area contributed by atoms with Crippen molar-refractivity contribution in [3.8, 4) is 16.9 Å². The minimum Gasteiger partial charge on any atom is -0.549 e. The van der Waals surface area contributed by atoms with Crippen molar-refractivity contribution in [1.82, 2.24) is 0 Å². The number of ether oxygens (including phenoxy) is 1. The zero-order chi connectivity index (χ0) is 21.2. The highest BCUT2D eigenvalue weighted by Crippen LogP contribution is 2.43. The number of thioether (sulfide) groups is 1. The number of benzene rings is 2. The molecule has 1 aliphatic carbocycles. The predicted molar refractivity (Wildman–Crippen MR) is 105 cm³/mol. The van der Waals surface area contributed by atoms with E-state index >= 15 is 0 Å². The molecular formula is C21H19ClF3O3S-. The van der Waals surface area contributed by atoms with Crippen molar-refractivity contribution in [2.75, 3.05) is 12.9 Å². The molecule has 1 fully saturated rings. The first-order valence-corrected chi connectivity index (χ1v) is 10.7. The van der Waals surface area contributed by atoms with Gasteiger partial charge in [-0.3, -0.25) is 0 Å². The lowest BCUT2D eigenvalue weighted by molar-refractivity contribution is -0.308. The molecule has 1 saturated carbocycles. The molecule has 0 heterocycles. The highest BCUT2D eigenvalue weighted by atomic mass is 35.5. The van der Waals surface area contributed by atoms with Crippen LogP contribution in [-0.2, 0) is 4.79 Å². The Morgan fingerprint density at radius 2 is 1.93 bits per heavy atom. The van der Waals surface area contributed by atoms with Gasteiger partial charge in [0.1, 0.15) is 5.75 Å². The maximum atomic E-state index is 12.7. The topological polar surface area (TPSA) is 49.4 Å². The molecule has 1 atom stereocenters. The van der Waals surface area contributed by atoms with E-state index in [9.17, 15) is 23.1 Å². The summed E-state index contributed by atoms with van der Waals surface area (Å²) in [5.41, 5.74) is 1.32. The summed E-state index contributed by atoms with van der Waals surface area (Å²) in [6.07, 6.45) is -0.263. The molecule has 3 rings (SSSR count). The summed E-state index contributed by atoms with van der Waals surface area (Å²) in [7, 11) is 0. The smallest absolute Gasteiger partial charge is 0.422 e. The number of carboxylic acid groups (broad SMARTS) is 1. The van der Waals surface area contributed by atoms with Gasteiger partial charge in [0.05, 0.1) is 5.02 Å². The van der Waals surface area contributed by atoms with E-state index in [4.69, 9.17) is 16.3 Å². The number of aliphatic carboxylic acids is 1. The molecule has 1 unspecified atom stereocenters. The SMILES string of the molecule is CSc1ccc(-c2cc(C(CC3CC3)C(=O)[O-])cc(Cl)c2OCC(F)(F)F)cc1. The third-order valence-corrected chi connectivity index (χ3v) is 5.82. The van der Waals surface area contributed by atoms with Gasteiger partial charge in [0.2, 0.25) is 0 Å². The largest absolute Gasteiger partial charge is 0.549 e. The molecule has 0 radical (unpaired) electrons. The molecule has 8 heteroatoms. The fourth-order valence-electron chi connectivity index (χ4n) is 3.16. The Balaban J connectivity index is 2.05. The van der Waals surface area contributed by atoms with Gasteiger partial charge in [0.15, 0.2) is 6.61 Å². The fraction of sp³-hybridized carbons (Fsp3) is 0.381. The van der Waals surface area contributed by atoms with Crippen LogP contribution in [-0.4, -0.2) is 25.0 Å². The van der Waals surface area contributed by atoms with Crippen molar-refractivity contribution in [3.05, 3.63) is 47.0 Å². The summed E-state index contributed by atoms with van der Waals surface area (Å²) in [6, 6.07) is 10.1. The highest BCUT2D eigenvalue weighted by Gasteiger charge is 2.31. The van der Waals surface area contributed by atoms with Crippen molar-refractivity contribution < 1.29 is 27.8 Å². The van der Waals surface area contributed by atoms with Crippen molar-refractivity contribution >= 4 is 29.3 Å². The molecule has 0 aliphatic heterocycles. The van der Waals surface area contributed by atoms with Crippen molar-refractivity contribution in [2.24, 2.45) is 5.92 Å². The second kappa shape index (κ2) is 8.88. The van der Waals surface area contributed by atoms with Gasteiger partial charge in [-0.15, -0.1) is 11.8 Å². The van der Waals surface area contributed by atoms with Gasteiger partial charge in [0, 0.05) is 22.3 Å². The Morgan fingerprint density at radius 1 is 1.28 bits per heavy atom. The van der Waals surface area contributed by atoms with E-state index in [1.165, 1.54) is 17.8 Å². The average Bonchev–Trinajstić information content (AvgIpc) is 3.48. The van der Waals surface area contributed by atoms with E-state index in [0.717, 1.165) is 17.7 Å². The molecule has 0 bridgehead atoms. The van der Waals surface area contributed by atoms with Crippen molar-refractivity contribution in [3.63, 3.8) is 0 Å². The van der Waals surface area contributed by atoms with Crippen LogP contribution in [0, 0.1) is 5.92 Å². The number of carbonyl (C=O) groups is 1. The second-order valence-electron chi connectivity index (χ2n) is 7.06. The molecule has 29 heavy (non-hydrogen) atoms. The summed E-state index contributed by atoms with van der Waals surface area (Å²) in [5, 5.41) is 11.7. The number of carbonyl (C=O) groups excluding carboxylic acids is 1. The number of alkyl halides is 3. The van der Waals surface area contributed by atoms with Crippen LogP contribution in [0.15, 0.2) is 41.3 Å². The lowest BCUT2D eigenvalue weighted by Crippen LogP contribution is -2.30. The molecule has 0 amide bonds. The van der Waals surface area contributed by atoms with E-state index in [2.05, 4.69) is 0 Å². The van der Waals surface area contributed by atoms with Crippen LogP contribution < -0.4 is 9.84 Å². The highest BCUT2D eigenvalue weighted by molar-refractivity contribution is 7.98. The minimum atomic E-state index is -4.53. The molecule has 156 valence electrons. The van der Waals surface area contributed by atoms with Gasteiger partial charge < -0.3 is 14.6 Å². The summed E-state index contributed by atoms with van der Waals surface area (Å²) in [4.78, 5) is 12.7. The van der Waals surface area contributed by atoms with Crippen LogP contribution in [0.3, 0.4) is 0 Å². The molecule has 3 nitrogen and oxygen atoms in total. The molecule has 0 spiro atoms. The molecule has 0 saturated heterocycles. The van der Waals surface area contributed by atoms with Gasteiger partial charge >= 0.3 is 6.18 Å². The lowest BCUT2D eigenvalue weighted by Gasteiger charge is -2.22. The molecule has 0 aromatic heterocycles. The molecule has 0 N–H and O–H groups in total. The lowest BCUT2D eigenvalue weighted by atomic mass is 9.90. The summed E-state index contributed by atoms with van der Waals surface area (Å²) in [6.45, 7) is -1.49. The van der Waals surface area contributed by atoms with E-state index in [0.29, 0.717) is 29.0 Å². The molecule has 2 aromatic rings. The Bertz CT molecular complexity index is 880. The zero-order valence-corrected chi connectivity index (χ0v) is 17.2. The van der Waals surface area contributed by atoms with Crippen molar-refractivity contribution in [2.45, 2.75) is 36.3 Å². The first-order valence-electron chi connectivity index (χ1n) is 9.06. The van der Waals surface area contributed by atoms with Crippen LogP contribution in [0.2, 0.25) is 5.02 Å². The van der Waals surface area contributed by atoms with E-state index in [1.807, 2.05) is 18.4 Å². The van der Waals surface area contributed by atoms with E-state index in [-0.39, 0.29) is 10.8 Å². The third-order valence-electron chi connectivity index (χ3n) is 4.80. The number of rotatable bonds is 8. The van der Waals surface area contributed by atoms with Crippen LogP contribution >= 0.6 is 23.4 Å². The van der Waals surface area contributed by atoms with Gasteiger partial charge in [-0.2, -0.15) is 13.2 Å². The fourth-order valence-corrected chi connectivity index (χ4v) is 3.85. The normalized spacial score (nSPS) is 15.2. The van der Waals surface area contributed by atoms with Gasteiger partial charge in [0.25, 0.3) is 0 Å². The average molecular weight is 444 g/mol. The van der Waals surface area contributed by atoms with Gasteiger partial charge in [-0.25, -0.2) is 0 Å². The zero-order valence-electron chi connectivity index (χ0n) is 15.6. The Kier molecular flexibility index (Phi) is 6.69. The third kappa shape index (κ3) is 5.82. The quantitative estimate of drug-likeness (QED) is 0.519. The summed E-state index contributed by atoms with van der Waals surface area (Å²) in [5.74, 6) is -1.89. The van der Waals surface area contributed by atoms with Crippen LogP contribution in [0.25, 0.3) is 11.1 Å². The number of hydrogen-bond donors (Lipinski definition) is 0. The second-order valence-corrected chi connectivity index (χ2v) is 8.35. The molecule has 1 aliphatic rings. The summed E-state index contributed by atoms with van der Waals surface area (Å²) < 4.78 is 43.1. The monoisotopic (exact) mass is 443 g/mol.